The van der Waals surface area contributed by atoms with Crippen molar-refractivity contribution in [2.75, 3.05) is 6.26 Å². The minimum atomic E-state index is 0.478. The van der Waals surface area contributed by atoms with Crippen LogP contribution in [0, 0.1) is 0 Å². The molecule has 3 rings (SSSR count). The summed E-state index contributed by atoms with van der Waals surface area (Å²) >= 11 is 7.83. The molecule has 3 aromatic rings. The predicted octanol–water partition coefficient (Wildman–Crippen LogP) is 5.70. The first-order valence-corrected chi connectivity index (χ1v) is 8.83. The van der Waals surface area contributed by atoms with Crippen LogP contribution in [0.1, 0.15) is 5.56 Å². The van der Waals surface area contributed by atoms with Gasteiger partial charge >= 0.3 is 0 Å². The van der Waals surface area contributed by atoms with Crippen molar-refractivity contribution in [1.29, 1.82) is 0 Å². The lowest BCUT2D eigenvalue weighted by Crippen LogP contribution is -1.99. The minimum absolute atomic E-state index is 0.478. The van der Waals surface area contributed by atoms with Crippen LogP contribution in [0.3, 0.4) is 0 Å². The summed E-state index contributed by atoms with van der Waals surface area (Å²) in [5.74, 6) is 0.593. The lowest BCUT2D eigenvalue weighted by Gasteiger charge is -2.11. The lowest BCUT2D eigenvalue weighted by atomic mass is 10.1. The van der Waals surface area contributed by atoms with Gasteiger partial charge in [-0.25, -0.2) is 4.98 Å². The molecule has 0 aliphatic rings. The van der Waals surface area contributed by atoms with Gasteiger partial charge in [0, 0.05) is 16.7 Å². The summed E-state index contributed by atoms with van der Waals surface area (Å²) < 4.78 is 5.91. The first kappa shape index (κ1) is 15.9. The van der Waals surface area contributed by atoms with Gasteiger partial charge in [-0.2, -0.15) is 0 Å². The molecule has 23 heavy (non-hydrogen) atoms. The number of aromatic nitrogens is 1. The van der Waals surface area contributed by atoms with E-state index >= 15 is 0 Å². The maximum Gasteiger partial charge on any atom is 0.221 e. The van der Waals surface area contributed by atoms with E-state index < -0.39 is 0 Å². The number of ether oxygens (including phenoxy) is 1. The van der Waals surface area contributed by atoms with E-state index in [0.29, 0.717) is 17.5 Å². The van der Waals surface area contributed by atoms with Crippen LogP contribution in [-0.2, 0) is 6.61 Å². The summed E-state index contributed by atoms with van der Waals surface area (Å²) in [6.07, 6.45) is 3.67. The van der Waals surface area contributed by atoms with Crippen molar-refractivity contribution in [3.8, 4) is 17.0 Å². The topological polar surface area (TPSA) is 22.1 Å². The molecule has 0 fully saturated rings. The number of hydrogen-bond acceptors (Lipinski definition) is 3. The van der Waals surface area contributed by atoms with Crippen molar-refractivity contribution >= 4 is 23.4 Å². The second kappa shape index (κ2) is 7.53. The van der Waals surface area contributed by atoms with Crippen LogP contribution >= 0.6 is 23.4 Å². The standard InChI is InChI=1S/C19H16ClNOS/c1-23-17-9-7-15(8-10-17)18-11-16(20)12-21-19(18)22-13-14-5-3-2-4-6-14/h2-12H,13H2,1H3. The molecular weight excluding hydrogens is 326 g/mol. The molecule has 0 unspecified atom stereocenters. The maximum atomic E-state index is 6.12. The number of halogens is 1. The van der Waals surface area contributed by atoms with Gasteiger partial charge in [-0.15, -0.1) is 11.8 Å². The highest BCUT2D eigenvalue weighted by Crippen LogP contribution is 2.32. The molecule has 0 N–H and O–H groups in total. The molecule has 0 aliphatic carbocycles. The third-order valence-corrected chi connectivity index (χ3v) is 4.39. The first-order chi connectivity index (χ1) is 11.3. The zero-order valence-electron chi connectivity index (χ0n) is 12.7. The number of benzene rings is 2. The molecule has 1 heterocycles. The largest absolute Gasteiger partial charge is 0.472 e. The van der Waals surface area contributed by atoms with Crippen LogP contribution in [-0.4, -0.2) is 11.2 Å². The number of thioether (sulfide) groups is 1. The van der Waals surface area contributed by atoms with E-state index in [2.05, 4.69) is 35.5 Å². The van der Waals surface area contributed by atoms with Crippen LogP contribution in [0.15, 0.2) is 71.8 Å². The average molecular weight is 342 g/mol. The summed E-state index contributed by atoms with van der Waals surface area (Å²) in [5, 5.41) is 0.598. The van der Waals surface area contributed by atoms with E-state index in [-0.39, 0.29) is 0 Å². The van der Waals surface area contributed by atoms with Crippen LogP contribution in [0.25, 0.3) is 11.1 Å². The molecule has 0 aliphatic heterocycles. The molecule has 2 aromatic carbocycles. The highest BCUT2D eigenvalue weighted by Gasteiger charge is 2.10. The Kier molecular flexibility index (Phi) is 5.21. The Labute approximate surface area is 145 Å². The number of pyridine rings is 1. The Morgan fingerprint density at radius 3 is 2.48 bits per heavy atom. The van der Waals surface area contributed by atoms with Crippen molar-refractivity contribution < 1.29 is 4.74 Å². The Bertz CT molecular complexity index is 775. The van der Waals surface area contributed by atoms with E-state index in [1.807, 2.05) is 36.4 Å². The third-order valence-electron chi connectivity index (χ3n) is 3.44. The molecule has 0 amide bonds. The molecule has 4 heteroatoms. The minimum Gasteiger partial charge on any atom is -0.472 e. The summed E-state index contributed by atoms with van der Waals surface area (Å²) in [6, 6.07) is 20.2. The van der Waals surface area contributed by atoms with Crippen molar-refractivity contribution in [3.63, 3.8) is 0 Å². The molecule has 0 spiro atoms. The van der Waals surface area contributed by atoms with Gasteiger partial charge in [0.1, 0.15) is 6.61 Å². The molecular formula is C19H16ClNOS. The molecule has 2 nitrogen and oxygen atoms in total. The van der Waals surface area contributed by atoms with E-state index in [9.17, 15) is 0 Å². The molecule has 1 aromatic heterocycles. The van der Waals surface area contributed by atoms with E-state index in [1.165, 1.54) is 4.90 Å². The molecule has 116 valence electrons. The van der Waals surface area contributed by atoms with Crippen LogP contribution in [0.4, 0.5) is 0 Å². The molecule has 0 bridgehead atoms. The number of nitrogens with zero attached hydrogens (tertiary/aromatic N) is 1. The SMILES string of the molecule is CSc1ccc(-c2cc(Cl)cnc2OCc2ccccc2)cc1. The highest BCUT2D eigenvalue weighted by atomic mass is 35.5. The average Bonchev–Trinajstić information content (AvgIpc) is 2.61. The zero-order valence-corrected chi connectivity index (χ0v) is 14.3. The second-order valence-electron chi connectivity index (χ2n) is 5.01. The van der Waals surface area contributed by atoms with Gasteiger partial charge in [0.2, 0.25) is 5.88 Å². The van der Waals surface area contributed by atoms with Crippen molar-refractivity contribution in [3.05, 3.63) is 77.4 Å². The zero-order chi connectivity index (χ0) is 16.1. The first-order valence-electron chi connectivity index (χ1n) is 7.23. The third kappa shape index (κ3) is 4.06. The Morgan fingerprint density at radius 1 is 1.04 bits per heavy atom. The second-order valence-corrected chi connectivity index (χ2v) is 6.33. The fraction of sp³-hybridized carbons (Fsp3) is 0.105. The van der Waals surface area contributed by atoms with Crippen molar-refractivity contribution in [2.45, 2.75) is 11.5 Å². The molecule has 0 saturated carbocycles. The summed E-state index contributed by atoms with van der Waals surface area (Å²) in [7, 11) is 0. The molecule has 0 atom stereocenters. The summed E-state index contributed by atoms with van der Waals surface area (Å²) in [6.45, 7) is 0.478. The highest BCUT2D eigenvalue weighted by molar-refractivity contribution is 7.98. The van der Waals surface area contributed by atoms with Gasteiger partial charge in [0.25, 0.3) is 0 Å². The Balaban J connectivity index is 1.88. The van der Waals surface area contributed by atoms with Gasteiger partial charge in [0.05, 0.1) is 5.02 Å². The molecule has 0 radical (unpaired) electrons. The van der Waals surface area contributed by atoms with Gasteiger partial charge in [-0.1, -0.05) is 54.1 Å². The normalized spacial score (nSPS) is 10.5. The van der Waals surface area contributed by atoms with Crippen LogP contribution in [0.5, 0.6) is 5.88 Å². The van der Waals surface area contributed by atoms with Gasteiger partial charge in [-0.05, 0) is 35.6 Å². The van der Waals surface area contributed by atoms with E-state index in [1.54, 1.807) is 18.0 Å². The van der Waals surface area contributed by atoms with Crippen molar-refractivity contribution in [2.24, 2.45) is 0 Å². The molecule has 0 saturated heterocycles. The van der Waals surface area contributed by atoms with Crippen LogP contribution in [0.2, 0.25) is 5.02 Å². The van der Waals surface area contributed by atoms with Gasteiger partial charge in [0.15, 0.2) is 0 Å². The number of rotatable bonds is 5. The van der Waals surface area contributed by atoms with Crippen LogP contribution < -0.4 is 4.74 Å². The maximum absolute atomic E-state index is 6.12. The quantitative estimate of drug-likeness (QED) is 0.555. The number of hydrogen-bond donors (Lipinski definition) is 0. The lowest BCUT2D eigenvalue weighted by molar-refractivity contribution is 0.295. The smallest absolute Gasteiger partial charge is 0.221 e. The Morgan fingerprint density at radius 2 is 1.78 bits per heavy atom. The Hall–Kier alpha value is -1.97. The predicted molar refractivity (Wildman–Crippen MR) is 97.2 cm³/mol. The van der Waals surface area contributed by atoms with E-state index in [4.69, 9.17) is 16.3 Å². The monoisotopic (exact) mass is 341 g/mol. The summed E-state index contributed by atoms with van der Waals surface area (Å²) in [4.78, 5) is 5.57. The van der Waals surface area contributed by atoms with Gasteiger partial charge < -0.3 is 4.74 Å². The van der Waals surface area contributed by atoms with E-state index in [0.717, 1.165) is 16.7 Å². The fourth-order valence-corrected chi connectivity index (χ4v) is 2.81. The summed E-state index contributed by atoms with van der Waals surface area (Å²) in [5.41, 5.74) is 3.05. The van der Waals surface area contributed by atoms with Gasteiger partial charge in [-0.3, -0.25) is 0 Å². The van der Waals surface area contributed by atoms with Crippen molar-refractivity contribution in [1.82, 2.24) is 4.98 Å². The fourth-order valence-electron chi connectivity index (χ4n) is 2.25.